The van der Waals surface area contributed by atoms with Gasteiger partial charge < -0.3 is 4.57 Å². The SMILES string of the molecule is CCn1c(NN)nc2c(C)cccc21. The van der Waals surface area contributed by atoms with Crippen molar-refractivity contribution in [3.63, 3.8) is 0 Å². The zero-order valence-electron chi connectivity index (χ0n) is 8.41. The summed E-state index contributed by atoms with van der Waals surface area (Å²) < 4.78 is 2.06. The third-order valence-corrected chi connectivity index (χ3v) is 2.43. The molecule has 1 heterocycles. The van der Waals surface area contributed by atoms with E-state index in [4.69, 9.17) is 5.84 Å². The van der Waals surface area contributed by atoms with Crippen molar-refractivity contribution in [2.45, 2.75) is 20.4 Å². The van der Waals surface area contributed by atoms with Crippen LogP contribution in [0.3, 0.4) is 0 Å². The van der Waals surface area contributed by atoms with E-state index >= 15 is 0 Å². The van der Waals surface area contributed by atoms with E-state index in [9.17, 15) is 0 Å². The van der Waals surface area contributed by atoms with Crippen LogP contribution in [0.25, 0.3) is 11.0 Å². The fourth-order valence-corrected chi connectivity index (χ4v) is 1.72. The monoisotopic (exact) mass is 190 g/mol. The number of imidazole rings is 1. The maximum Gasteiger partial charge on any atom is 0.218 e. The van der Waals surface area contributed by atoms with Gasteiger partial charge in [0.2, 0.25) is 5.95 Å². The summed E-state index contributed by atoms with van der Waals surface area (Å²) in [6.45, 7) is 4.99. The van der Waals surface area contributed by atoms with Crippen molar-refractivity contribution in [2.24, 2.45) is 5.84 Å². The Balaban J connectivity index is 2.79. The summed E-state index contributed by atoms with van der Waals surface area (Å²) in [5.74, 6) is 6.13. The molecule has 0 unspecified atom stereocenters. The molecule has 0 amide bonds. The van der Waals surface area contributed by atoms with Crippen molar-refractivity contribution >= 4 is 17.0 Å². The highest BCUT2D eigenvalue weighted by atomic mass is 15.3. The van der Waals surface area contributed by atoms with Gasteiger partial charge in [-0.1, -0.05) is 12.1 Å². The van der Waals surface area contributed by atoms with Crippen LogP contribution < -0.4 is 11.3 Å². The van der Waals surface area contributed by atoms with E-state index in [1.165, 1.54) is 5.56 Å². The molecule has 4 heteroatoms. The minimum Gasteiger partial charge on any atom is -0.309 e. The molecule has 3 N–H and O–H groups in total. The Kier molecular flexibility index (Phi) is 2.13. The summed E-state index contributed by atoms with van der Waals surface area (Å²) in [6, 6.07) is 6.14. The van der Waals surface area contributed by atoms with E-state index in [-0.39, 0.29) is 0 Å². The predicted molar refractivity (Wildman–Crippen MR) is 58.0 cm³/mol. The largest absolute Gasteiger partial charge is 0.309 e. The van der Waals surface area contributed by atoms with Gasteiger partial charge in [-0.2, -0.15) is 0 Å². The Bertz CT molecular complexity index is 458. The summed E-state index contributed by atoms with van der Waals surface area (Å²) in [4.78, 5) is 4.43. The van der Waals surface area contributed by atoms with Gasteiger partial charge in [0.15, 0.2) is 0 Å². The van der Waals surface area contributed by atoms with Gasteiger partial charge in [0.1, 0.15) is 0 Å². The minimum absolute atomic E-state index is 0.719. The number of anilines is 1. The van der Waals surface area contributed by atoms with E-state index in [2.05, 4.69) is 41.0 Å². The predicted octanol–water partition coefficient (Wildman–Crippen LogP) is 1.65. The normalized spacial score (nSPS) is 10.8. The number of nitrogens with one attached hydrogen (secondary N) is 1. The van der Waals surface area contributed by atoms with Gasteiger partial charge in [-0.25, -0.2) is 10.8 Å². The first-order valence-electron chi connectivity index (χ1n) is 4.70. The molecule has 14 heavy (non-hydrogen) atoms. The van der Waals surface area contributed by atoms with Gasteiger partial charge in [0, 0.05) is 6.54 Å². The molecule has 1 aromatic carbocycles. The van der Waals surface area contributed by atoms with E-state index in [0.29, 0.717) is 0 Å². The number of aryl methyl sites for hydroxylation is 2. The highest BCUT2D eigenvalue weighted by molar-refractivity contribution is 5.81. The Morgan fingerprint density at radius 1 is 1.50 bits per heavy atom. The maximum atomic E-state index is 5.41. The van der Waals surface area contributed by atoms with Crippen molar-refractivity contribution in [2.75, 3.05) is 5.43 Å². The Hall–Kier alpha value is -1.55. The minimum atomic E-state index is 0.719. The molecule has 74 valence electrons. The molecule has 0 saturated carbocycles. The van der Waals surface area contributed by atoms with Crippen molar-refractivity contribution in [3.8, 4) is 0 Å². The lowest BCUT2D eigenvalue weighted by atomic mass is 10.2. The van der Waals surface area contributed by atoms with E-state index in [1.54, 1.807) is 0 Å². The summed E-state index contributed by atoms with van der Waals surface area (Å²) in [5, 5.41) is 0. The number of nitrogens with zero attached hydrogens (tertiary/aromatic N) is 2. The Morgan fingerprint density at radius 2 is 2.29 bits per heavy atom. The third-order valence-electron chi connectivity index (χ3n) is 2.43. The van der Waals surface area contributed by atoms with Gasteiger partial charge in [-0.3, -0.25) is 5.43 Å². The number of hydrogen-bond acceptors (Lipinski definition) is 3. The number of hydrazine groups is 1. The summed E-state index contributed by atoms with van der Waals surface area (Å²) in [6.07, 6.45) is 0. The molecule has 0 aliphatic heterocycles. The first kappa shape index (κ1) is 9.02. The molecule has 0 saturated heterocycles. The Morgan fingerprint density at radius 3 is 2.93 bits per heavy atom. The molecule has 0 aliphatic carbocycles. The van der Waals surface area contributed by atoms with Crippen molar-refractivity contribution in [1.82, 2.24) is 9.55 Å². The number of aromatic nitrogens is 2. The van der Waals surface area contributed by atoms with Gasteiger partial charge in [0.05, 0.1) is 11.0 Å². The van der Waals surface area contributed by atoms with Gasteiger partial charge in [-0.05, 0) is 25.5 Å². The molecule has 0 atom stereocenters. The smallest absolute Gasteiger partial charge is 0.218 e. The number of benzene rings is 1. The molecule has 0 radical (unpaired) electrons. The second-order valence-electron chi connectivity index (χ2n) is 3.27. The standard InChI is InChI=1S/C10H14N4/c1-3-14-8-6-4-5-7(2)9(8)12-10(14)13-11/h4-6H,3,11H2,1-2H3,(H,12,13). The number of nitrogens with two attached hydrogens (primary N) is 1. The second-order valence-corrected chi connectivity index (χ2v) is 3.27. The number of para-hydroxylation sites is 1. The lowest BCUT2D eigenvalue weighted by Gasteiger charge is -2.03. The second kappa shape index (κ2) is 3.31. The van der Waals surface area contributed by atoms with Crippen LogP contribution in [0.5, 0.6) is 0 Å². The van der Waals surface area contributed by atoms with Crippen LogP contribution in [0.1, 0.15) is 12.5 Å². The molecular formula is C10H14N4. The van der Waals surface area contributed by atoms with Crippen LogP contribution in [0.2, 0.25) is 0 Å². The molecule has 0 aliphatic rings. The molecule has 4 nitrogen and oxygen atoms in total. The summed E-state index contributed by atoms with van der Waals surface area (Å²) in [7, 11) is 0. The lowest BCUT2D eigenvalue weighted by molar-refractivity contribution is 0.791. The molecule has 2 aromatic rings. The van der Waals surface area contributed by atoms with Crippen molar-refractivity contribution in [3.05, 3.63) is 23.8 Å². The fraction of sp³-hybridized carbons (Fsp3) is 0.300. The Labute approximate surface area is 82.7 Å². The number of rotatable bonds is 2. The zero-order chi connectivity index (χ0) is 10.1. The molecule has 0 fully saturated rings. The van der Waals surface area contributed by atoms with Crippen LogP contribution in [-0.2, 0) is 6.54 Å². The topological polar surface area (TPSA) is 55.9 Å². The van der Waals surface area contributed by atoms with E-state index in [1.807, 2.05) is 6.07 Å². The van der Waals surface area contributed by atoms with Gasteiger partial charge >= 0.3 is 0 Å². The van der Waals surface area contributed by atoms with E-state index < -0.39 is 0 Å². The van der Waals surface area contributed by atoms with Crippen LogP contribution in [-0.4, -0.2) is 9.55 Å². The summed E-state index contributed by atoms with van der Waals surface area (Å²) in [5.41, 5.74) is 5.93. The average Bonchev–Trinajstić information content (AvgIpc) is 2.57. The highest BCUT2D eigenvalue weighted by Crippen LogP contribution is 2.21. The highest BCUT2D eigenvalue weighted by Gasteiger charge is 2.08. The maximum absolute atomic E-state index is 5.41. The quantitative estimate of drug-likeness (QED) is 0.559. The third kappa shape index (κ3) is 1.15. The van der Waals surface area contributed by atoms with Gasteiger partial charge in [-0.15, -0.1) is 0 Å². The average molecular weight is 190 g/mol. The number of fused-ring (bicyclic) bond motifs is 1. The molecular weight excluding hydrogens is 176 g/mol. The molecule has 1 aromatic heterocycles. The van der Waals surface area contributed by atoms with Crippen LogP contribution in [0, 0.1) is 6.92 Å². The molecule has 0 spiro atoms. The van der Waals surface area contributed by atoms with Crippen LogP contribution in [0.4, 0.5) is 5.95 Å². The first-order valence-corrected chi connectivity index (χ1v) is 4.70. The molecule has 0 bridgehead atoms. The fourth-order valence-electron chi connectivity index (χ4n) is 1.72. The first-order chi connectivity index (χ1) is 6.77. The summed E-state index contributed by atoms with van der Waals surface area (Å²) >= 11 is 0. The lowest BCUT2D eigenvalue weighted by Crippen LogP contribution is -2.12. The number of nitrogen functional groups attached to an aromatic ring is 1. The number of hydrogen-bond donors (Lipinski definition) is 2. The van der Waals surface area contributed by atoms with Crippen LogP contribution in [0.15, 0.2) is 18.2 Å². The van der Waals surface area contributed by atoms with Crippen molar-refractivity contribution < 1.29 is 0 Å². The molecule has 2 rings (SSSR count). The van der Waals surface area contributed by atoms with Crippen molar-refractivity contribution in [1.29, 1.82) is 0 Å². The zero-order valence-corrected chi connectivity index (χ0v) is 8.41. The van der Waals surface area contributed by atoms with E-state index in [0.717, 1.165) is 23.5 Å². The van der Waals surface area contributed by atoms with Gasteiger partial charge in [0.25, 0.3) is 0 Å². The van der Waals surface area contributed by atoms with Crippen LogP contribution >= 0.6 is 0 Å².